The van der Waals surface area contributed by atoms with E-state index in [1.165, 1.54) is 11.8 Å². The van der Waals surface area contributed by atoms with E-state index in [-0.39, 0.29) is 0 Å². The summed E-state index contributed by atoms with van der Waals surface area (Å²) in [6, 6.07) is 9.49. The van der Waals surface area contributed by atoms with Crippen LogP contribution in [0, 0.1) is 6.92 Å². The van der Waals surface area contributed by atoms with Crippen LogP contribution in [-0.4, -0.2) is 22.1 Å². The highest BCUT2D eigenvalue weighted by molar-refractivity contribution is 7.99. The minimum absolute atomic E-state index is 0.698. The number of pyridine rings is 1. The number of aromatic nitrogens is 3. The van der Waals surface area contributed by atoms with Gasteiger partial charge >= 0.3 is 0 Å². The largest absolute Gasteiger partial charge is 0.497 e. The molecule has 0 aliphatic carbocycles. The quantitative estimate of drug-likeness (QED) is 0.774. The van der Waals surface area contributed by atoms with E-state index < -0.39 is 0 Å². The maximum Gasteiger partial charge on any atom is 0.172 e. The second-order valence-electron chi connectivity index (χ2n) is 4.35. The molecule has 2 heterocycles. The van der Waals surface area contributed by atoms with E-state index in [2.05, 4.69) is 15.0 Å². The summed E-state index contributed by atoms with van der Waals surface area (Å²) < 4.78 is 5.20. The number of nitrogens with two attached hydrogens (primary N) is 1. The molecule has 0 fully saturated rings. The first-order chi connectivity index (χ1) is 9.65. The summed E-state index contributed by atoms with van der Waals surface area (Å²) >= 11 is 1.48. The number of hydrogen-bond acceptors (Lipinski definition) is 5. The molecule has 0 saturated heterocycles. The van der Waals surface area contributed by atoms with Gasteiger partial charge in [-0.2, -0.15) is 0 Å². The number of nitrogens with one attached hydrogen (secondary N) is 1. The number of anilines is 1. The van der Waals surface area contributed by atoms with E-state index in [0.29, 0.717) is 5.69 Å². The number of aryl methyl sites for hydroxylation is 1. The van der Waals surface area contributed by atoms with Crippen molar-refractivity contribution in [1.82, 2.24) is 15.0 Å². The normalized spacial score (nSPS) is 10.9. The van der Waals surface area contributed by atoms with Crippen molar-refractivity contribution in [2.24, 2.45) is 0 Å². The van der Waals surface area contributed by atoms with Crippen LogP contribution in [0.25, 0.3) is 11.0 Å². The van der Waals surface area contributed by atoms with Crippen LogP contribution in [0.15, 0.2) is 40.5 Å². The average Bonchev–Trinajstić information content (AvgIpc) is 2.84. The summed E-state index contributed by atoms with van der Waals surface area (Å²) in [5, 5.41) is 1.66. The molecule has 6 heteroatoms. The van der Waals surface area contributed by atoms with Crippen molar-refractivity contribution in [3.05, 3.63) is 36.0 Å². The zero-order valence-electron chi connectivity index (χ0n) is 11.2. The molecule has 3 aromatic rings. The van der Waals surface area contributed by atoms with Crippen LogP contribution in [-0.2, 0) is 0 Å². The predicted molar refractivity (Wildman–Crippen MR) is 80.2 cm³/mol. The van der Waals surface area contributed by atoms with Gasteiger partial charge in [-0.25, -0.2) is 9.97 Å². The first-order valence-corrected chi connectivity index (χ1v) is 6.92. The summed E-state index contributed by atoms with van der Waals surface area (Å²) in [5.74, 6) is 0.805. The Morgan fingerprint density at radius 3 is 2.80 bits per heavy atom. The predicted octanol–water partition coefficient (Wildman–Crippen LogP) is 3.01. The Kier molecular flexibility index (Phi) is 3.23. The molecular weight excluding hydrogens is 272 g/mol. The lowest BCUT2D eigenvalue weighted by molar-refractivity contribution is 0.415. The van der Waals surface area contributed by atoms with Crippen LogP contribution in [0.1, 0.15) is 5.69 Å². The number of fused-ring (bicyclic) bond motifs is 1. The van der Waals surface area contributed by atoms with Gasteiger partial charge in [0.05, 0.1) is 29.5 Å². The molecule has 102 valence electrons. The maximum atomic E-state index is 5.77. The number of hydrogen-bond donors (Lipinski definition) is 2. The number of benzene rings is 1. The van der Waals surface area contributed by atoms with E-state index in [1.54, 1.807) is 7.11 Å². The molecule has 3 rings (SSSR count). The van der Waals surface area contributed by atoms with Gasteiger partial charge in [-0.15, -0.1) is 0 Å². The standard InChI is InChI=1S/C14H14N4OS/c1-8-10(15)4-6-13(16-8)20-14-17-11-5-3-9(19-2)7-12(11)18-14/h3-7H,15H2,1-2H3,(H,17,18). The van der Waals surface area contributed by atoms with E-state index in [4.69, 9.17) is 10.5 Å². The summed E-state index contributed by atoms with van der Waals surface area (Å²) in [6.07, 6.45) is 0. The maximum absolute atomic E-state index is 5.77. The lowest BCUT2D eigenvalue weighted by Gasteiger charge is -2.01. The van der Waals surface area contributed by atoms with Gasteiger partial charge < -0.3 is 15.5 Å². The third kappa shape index (κ3) is 2.42. The molecule has 0 unspecified atom stereocenters. The lowest BCUT2D eigenvalue weighted by Crippen LogP contribution is -1.93. The number of imidazole rings is 1. The van der Waals surface area contributed by atoms with Gasteiger partial charge in [0.1, 0.15) is 10.8 Å². The second-order valence-corrected chi connectivity index (χ2v) is 5.36. The first kappa shape index (κ1) is 12.8. The van der Waals surface area contributed by atoms with Gasteiger partial charge in [0.2, 0.25) is 0 Å². The van der Waals surface area contributed by atoms with Gasteiger partial charge in [-0.3, -0.25) is 0 Å². The highest BCUT2D eigenvalue weighted by Gasteiger charge is 2.07. The third-order valence-electron chi connectivity index (χ3n) is 2.97. The van der Waals surface area contributed by atoms with Crippen LogP contribution in [0.3, 0.4) is 0 Å². The molecular formula is C14H14N4OS. The minimum Gasteiger partial charge on any atom is -0.497 e. The Morgan fingerprint density at radius 2 is 2.05 bits per heavy atom. The first-order valence-electron chi connectivity index (χ1n) is 6.10. The summed E-state index contributed by atoms with van der Waals surface area (Å²) in [7, 11) is 1.65. The molecule has 0 amide bonds. The molecule has 0 radical (unpaired) electrons. The van der Waals surface area contributed by atoms with Crippen molar-refractivity contribution >= 4 is 28.5 Å². The van der Waals surface area contributed by atoms with Gasteiger partial charge in [0.15, 0.2) is 5.16 Å². The molecule has 2 aromatic heterocycles. The monoisotopic (exact) mass is 286 g/mol. The number of methoxy groups -OCH3 is 1. The van der Waals surface area contributed by atoms with Crippen molar-refractivity contribution in [3.8, 4) is 5.75 Å². The highest BCUT2D eigenvalue weighted by atomic mass is 32.2. The molecule has 0 atom stereocenters. The van der Waals surface area contributed by atoms with E-state index in [1.807, 2.05) is 37.3 Å². The summed E-state index contributed by atoms with van der Waals surface area (Å²) in [4.78, 5) is 12.2. The molecule has 0 spiro atoms. The SMILES string of the molecule is COc1ccc2nc(Sc3ccc(N)c(C)n3)[nH]c2c1. The Hall–Kier alpha value is -2.21. The Morgan fingerprint density at radius 1 is 1.20 bits per heavy atom. The Bertz CT molecular complexity index is 769. The number of rotatable bonds is 3. The van der Waals surface area contributed by atoms with Gasteiger partial charge in [0.25, 0.3) is 0 Å². The molecule has 0 aliphatic rings. The van der Waals surface area contributed by atoms with E-state index in [0.717, 1.165) is 32.7 Å². The zero-order chi connectivity index (χ0) is 14.1. The Balaban J connectivity index is 1.92. The summed E-state index contributed by atoms with van der Waals surface area (Å²) in [6.45, 7) is 1.89. The van der Waals surface area contributed by atoms with Crippen LogP contribution in [0.2, 0.25) is 0 Å². The molecule has 3 N–H and O–H groups in total. The number of ether oxygens (including phenoxy) is 1. The van der Waals surface area contributed by atoms with Gasteiger partial charge in [-0.1, -0.05) is 0 Å². The number of aromatic amines is 1. The second kappa shape index (κ2) is 5.05. The fraction of sp³-hybridized carbons (Fsp3) is 0.143. The van der Waals surface area contributed by atoms with Crippen molar-refractivity contribution in [2.75, 3.05) is 12.8 Å². The molecule has 1 aromatic carbocycles. The fourth-order valence-electron chi connectivity index (χ4n) is 1.85. The smallest absolute Gasteiger partial charge is 0.172 e. The zero-order valence-corrected chi connectivity index (χ0v) is 12.0. The molecule has 0 bridgehead atoms. The third-order valence-corrected chi connectivity index (χ3v) is 3.79. The fourth-order valence-corrected chi connectivity index (χ4v) is 2.67. The average molecular weight is 286 g/mol. The van der Waals surface area contributed by atoms with Crippen LogP contribution in [0.4, 0.5) is 5.69 Å². The topological polar surface area (TPSA) is 76.8 Å². The molecule has 20 heavy (non-hydrogen) atoms. The lowest BCUT2D eigenvalue weighted by atomic mass is 10.3. The highest BCUT2D eigenvalue weighted by Crippen LogP contribution is 2.28. The van der Waals surface area contributed by atoms with Gasteiger partial charge in [0, 0.05) is 6.07 Å². The van der Waals surface area contributed by atoms with Crippen LogP contribution < -0.4 is 10.5 Å². The number of nitrogen functional groups attached to an aromatic ring is 1. The van der Waals surface area contributed by atoms with Gasteiger partial charge in [-0.05, 0) is 43.0 Å². The molecule has 0 aliphatic heterocycles. The number of nitrogens with zero attached hydrogens (tertiary/aromatic N) is 2. The van der Waals surface area contributed by atoms with Crippen molar-refractivity contribution < 1.29 is 4.74 Å². The van der Waals surface area contributed by atoms with Crippen molar-refractivity contribution in [1.29, 1.82) is 0 Å². The summed E-state index contributed by atoms with van der Waals surface area (Å²) in [5.41, 5.74) is 9.14. The number of H-pyrrole nitrogens is 1. The molecule has 5 nitrogen and oxygen atoms in total. The minimum atomic E-state index is 0.698. The van der Waals surface area contributed by atoms with Crippen molar-refractivity contribution in [3.63, 3.8) is 0 Å². The van der Waals surface area contributed by atoms with E-state index >= 15 is 0 Å². The van der Waals surface area contributed by atoms with E-state index in [9.17, 15) is 0 Å². The Labute approximate surface area is 120 Å². The van der Waals surface area contributed by atoms with Crippen LogP contribution in [0.5, 0.6) is 5.75 Å². The molecule has 0 saturated carbocycles. The van der Waals surface area contributed by atoms with Crippen molar-refractivity contribution in [2.45, 2.75) is 17.1 Å². The van der Waals surface area contributed by atoms with Crippen LogP contribution >= 0.6 is 11.8 Å².